The fourth-order valence-electron chi connectivity index (χ4n) is 3.87. The average Bonchev–Trinajstić information content (AvgIpc) is 3.12. The van der Waals surface area contributed by atoms with Crippen molar-refractivity contribution in [3.8, 4) is 11.3 Å². The normalized spacial score (nSPS) is 15.6. The Kier molecular flexibility index (Phi) is 4.62. The van der Waals surface area contributed by atoms with E-state index in [0.717, 1.165) is 48.3 Å². The van der Waals surface area contributed by atoms with Crippen LogP contribution in [-0.4, -0.2) is 48.0 Å². The number of aromatic amines is 1. The number of rotatable bonds is 4. The van der Waals surface area contributed by atoms with Gasteiger partial charge in [-0.05, 0) is 43.7 Å². The fourth-order valence-corrected chi connectivity index (χ4v) is 3.87. The van der Waals surface area contributed by atoms with Crippen LogP contribution in [0.1, 0.15) is 24.2 Å². The zero-order valence-corrected chi connectivity index (χ0v) is 15.9. The molecule has 5 heteroatoms. The van der Waals surface area contributed by atoms with Gasteiger partial charge in [-0.1, -0.05) is 24.3 Å². The molecule has 5 nitrogen and oxygen atoms in total. The van der Waals surface area contributed by atoms with Crippen LogP contribution in [0.15, 0.2) is 48.5 Å². The van der Waals surface area contributed by atoms with Gasteiger partial charge in [-0.25, -0.2) is 0 Å². The minimum absolute atomic E-state index is 0.412. The molecule has 3 N–H and O–H groups in total. The monoisotopic (exact) mass is 362 g/mol. The highest BCUT2D eigenvalue weighted by Crippen LogP contribution is 2.28. The van der Waals surface area contributed by atoms with Crippen molar-refractivity contribution in [2.75, 3.05) is 31.1 Å². The number of nitrogens with two attached hydrogens (primary N) is 1. The molecule has 0 radical (unpaired) electrons. The van der Waals surface area contributed by atoms with Crippen LogP contribution in [0.4, 0.5) is 5.69 Å². The smallest absolute Gasteiger partial charge is 0.250 e. The molecule has 1 saturated heterocycles. The molecule has 27 heavy (non-hydrogen) atoms. The molecule has 0 bridgehead atoms. The largest absolute Gasteiger partial charge is 0.369 e. The fraction of sp³-hybridized carbons (Fsp3) is 0.318. The van der Waals surface area contributed by atoms with Crippen molar-refractivity contribution in [2.24, 2.45) is 5.73 Å². The van der Waals surface area contributed by atoms with Gasteiger partial charge in [0.1, 0.15) is 0 Å². The maximum atomic E-state index is 11.6. The third kappa shape index (κ3) is 3.43. The molecule has 1 aliphatic heterocycles. The van der Waals surface area contributed by atoms with Crippen molar-refractivity contribution < 1.29 is 4.79 Å². The van der Waals surface area contributed by atoms with Gasteiger partial charge in [-0.2, -0.15) is 0 Å². The Labute approximate surface area is 159 Å². The summed E-state index contributed by atoms with van der Waals surface area (Å²) in [6, 6.07) is 16.9. The highest BCUT2D eigenvalue weighted by atomic mass is 16.1. The lowest BCUT2D eigenvalue weighted by Gasteiger charge is -2.38. The van der Waals surface area contributed by atoms with Gasteiger partial charge in [-0.15, -0.1) is 0 Å². The van der Waals surface area contributed by atoms with Crippen LogP contribution >= 0.6 is 0 Å². The van der Waals surface area contributed by atoms with Crippen LogP contribution in [0.2, 0.25) is 0 Å². The van der Waals surface area contributed by atoms with Crippen LogP contribution in [-0.2, 0) is 0 Å². The lowest BCUT2D eigenvalue weighted by molar-refractivity contribution is 0.100. The van der Waals surface area contributed by atoms with E-state index in [2.05, 4.69) is 59.0 Å². The number of aromatic nitrogens is 1. The molecule has 1 aromatic heterocycles. The predicted molar refractivity (Wildman–Crippen MR) is 111 cm³/mol. The van der Waals surface area contributed by atoms with Crippen LogP contribution < -0.4 is 10.6 Å². The van der Waals surface area contributed by atoms with Gasteiger partial charge in [0.2, 0.25) is 0 Å². The zero-order valence-electron chi connectivity index (χ0n) is 15.9. The highest BCUT2D eigenvalue weighted by Gasteiger charge is 2.19. The van der Waals surface area contributed by atoms with E-state index < -0.39 is 5.91 Å². The minimum atomic E-state index is -0.412. The third-order valence-corrected chi connectivity index (χ3v) is 5.51. The van der Waals surface area contributed by atoms with Gasteiger partial charge in [0.25, 0.3) is 5.91 Å². The standard InChI is InChI=1S/C22H26N4O/c1-15(2)25-10-12-26(13-11-25)18-8-6-16(7-9-18)20-14-17-4-3-5-19(22(23)27)21(17)24-20/h3-9,14-15,24H,10-13H2,1-2H3,(H2,23,27). The molecule has 1 fully saturated rings. The summed E-state index contributed by atoms with van der Waals surface area (Å²) in [6.07, 6.45) is 0. The van der Waals surface area contributed by atoms with E-state index in [4.69, 9.17) is 5.73 Å². The van der Waals surface area contributed by atoms with Gasteiger partial charge in [0.05, 0.1) is 11.1 Å². The van der Waals surface area contributed by atoms with Crippen LogP contribution in [0.25, 0.3) is 22.2 Å². The molecule has 0 aliphatic carbocycles. The van der Waals surface area contributed by atoms with Gasteiger partial charge < -0.3 is 15.6 Å². The first kappa shape index (κ1) is 17.6. The summed E-state index contributed by atoms with van der Waals surface area (Å²) in [4.78, 5) is 20.0. The molecule has 2 aromatic carbocycles. The van der Waals surface area contributed by atoms with E-state index in [1.54, 1.807) is 6.07 Å². The molecule has 0 unspecified atom stereocenters. The maximum Gasteiger partial charge on any atom is 0.250 e. The second kappa shape index (κ2) is 7.08. The van der Waals surface area contributed by atoms with E-state index in [1.807, 2.05) is 12.1 Å². The van der Waals surface area contributed by atoms with Crippen LogP contribution in [0.3, 0.4) is 0 Å². The van der Waals surface area contributed by atoms with Crippen LogP contribution in [0, 0.1) is 0 Å². The number of hydrogen-bond acceptors (Lipinski definition) is 3. The number of amides is 1. The van der Waals surface area contributed by atoms with Crippen molar-refractivity contribution in [1.29, 1.82) is 0 Å². The summed E-state index contributed by atoms with van der Waals surface area (Å²) >= 11 is 0. The summed E-state index contributed by atoms with van der Waals surface area (Å²) in [5.41, 5.74) is 10.2. The van der Waals surface area contributed by atoms with Gasteiger partial charge in [0.15, 0.2) is 0 Å². The molecule has 0 spiro atoms. The number of carbonyl (C=O) groups is 1. The number of fused-ring (bicyclic) bond motifs is 1. The van der Waals surface area contributed by atoms with E-state index in [1.165, 1.54) is 5.69 Å². The molecule has 2 heterocycles. The van der Waals surface area contributed by atoms with Gasteiger partial charge in [-0.3, -0.25) is 9.69 Å². The average molecular weight is 362 g/mol. The first-order valence-corrected chi connectivity index (χ1v) is 9.54. The quantitative estimate of drug-likeness (QED) is 0.747. The lowest BCUT2D eigenvalue weighted by Crippen LogP contribution is -2.48. The summed E-state index contributed by atoms with van der Waals surface area (Å²) in [7, 11) is 0. The van der Waals surface area contributed by atoms with E-state index in [0.29, 0.717) is 11.6 Å². The maximum absolute atomic E-state index is 11.6. The van der Waals surface area contributed by atoms with E-state index in [9.17, 15) is 4.79 Å². The van der Waals surface area contributed by atoms with Crippen LogP contribution in [0.5, 0.6) is 0 Å². The number of anilines is 1. The van der Waals surface area contributed by atoms with Crippen molar-refractivity contribution in [2.45, 2.75) is 19.9 Å². The molecule has 140 valence electrons. The van der Waals surface area contributed by atoms with Crippen molar-refractivity contribution in [3.05, 3.63) is 54.1 Å². The molecule has 4 rings (SSSR count). The number of carbonyl (C=O) groups excluding carboxylic acids is 1. The zero-order chi connectivity index (χ0) is 19.0. The Hall–Kier alpha value is -2.79. The highest BCUT2D eigenvalue weighted by molar-refractivity contribution is 6.06. The molecular weight excluding hydrogens is 336 g/mol. The van der Waals surface area contributed by atoms with Gasteiger partial charge >= 0.3 is 0 Å². The number of piperazine rings is 1. The van der Waals surface area contributed by atoms with Crippen molar-refractivity contribution >= 4 is 22.5 Å². The summed E-state index contributed by atoms with van der Waals surface area (Å²) < 4.78 is 0. The number of hydrogen-bond donors (Lipinski definition) is 2. The first-order valence-electron chi connectivity index (χ1n) is 9.54. The van der Waals surface area contributed by atoms with Crippen molar-refractivity contribution in [3.63, 3.8) is 0 Å². The molecule has 0 saturated carbocycles. The Morgan fingerprint density at radius 3 is 2.37 bits per heavy atom. The molecule has 1 amide bonds. The Morgan fingerprint density at radius 1 is 1.04 bits per heavy atom. The summed E-state index contributed by atoms with van der Waals surface area (Å²) in [5.74, 6) is -0.412. The predicted octanol–water partition coefficient (Wildman–Crippen LogP) is 3.46. The second-order valence-electron chi connectivity index (χ2n) is 7.48. The minimum Gasteiger partial charge on any atom is -0.369 e. The number of nitrogens with zero attached hydrogens (tertiary/aromatic N) is 2. The molecule has 1 aliphatic rings. The van der Waals surface area contributed by atoms with E-state index >= 15 is 0 Å². The van der Waals surface area contributed by atoms with Crippen molar-refractivity contribution in [1.82, 2.24) is 9.88 Å². The first-order chi connectivity index (χ1) is 13.0. The summed E-state index contributed by atoms with van der Waals surface area (Å²) in [6.45, 7) is 8.86. The molecular formula is C22H26N4O. The lowest BCUT2D eigenvalue weighted by atomic mass is 10.1. The third-order valence-electron chi connectivity index (χ3n) is 5.51. The molecule has 0 atom stereocenters. The Balaban J connectivity index is 1.55. The Bertz CT molecular complexity index is 950. The van der Waals surface area contributed by atoms with Gasteiger partial charge in [0, 0.05) is 49.0 Å². The van der Waals surface area contributed by atoms with E-state index in [-0.39, 0.29) is 0 Å². The topological polar surface area (TPSA) is 65.4 Å². The summed E-state index contributed by atoms with van der Waals surface area (Å²) in [5, 5.41) is 0.996. The number of benzene rings is 2. The number of nitrogens with one attached hydrogen (secondary N) is 1. The second-order valence-corrected chi connectivity index (χ2v) is 7.48. The number of para-hydroxylation sites is 1. The SMILES string of the molecule is CC(C)N1CCN(c2ccc(-c3cc4cccc(C(N)=O)c4[nH]3)cc2)CC1. The molecule has 3 aromatic rings. The number of primary amides is 1. The Morgan fingerprint density at radius 2 is 1.74 bits per heavy atom. The number of H-pyrrole nitrogens is 1.